The number of methoxy groups -OCH3 is 1. The van der Waals surface area contributed by atoms with Gasteiger partial charge in [-0.1, -0.05) is 163 Å². The van der Waals surface area contributed by atoms with Crippen molar-refractivity contribution in [3.63, 3.8) is 0 Å². The van der Waals surface area contributed by atoms with Crippen LogP contribution in [0, 0.1) is 0 Å². The van der Waals surface area contributed by atoms with E-state index in [2.05, 4.69) is 54.6 Å². The van der Waals surface area contributed by atoms with Crippen LogP contribution in [0.25, 0.3) is 11.1 Å². The van der Waals surface area contributed by atoms with Gasteiger partial charge in [-0.25, -0.2) is 9.59 Å². The Morgan fingerprint density at radius 2 is 1.00 bits per heavy atom. The predicted molar refractivity (Wildman–Crippen MR) is 304 cm³/mol. The fraction of sp³-hybridized carbons (Fsp3) is 0.365. The van der Waals surface area contributed by atoms with E-state index >= 15 is 9.59 Å². The second-order valence-corrected chi connectivity index (χ2v) is 33.1. The molecule has 1 saturated heterocycles. The van der Waals surface area contributed by atoms with Crippen molar-refractivity contribution in [2.45, 2.75) is 134 Å². The SMILES string of the molecule is CO[C@@H]1[C@H]2OC(=O)c3cc4c(c(O[Si](C)(C)C(C)(C)C)c3-c3c(cc(O[Si](C)(C)C(C)(C)C)c5c3OC(c3ccccc3)(c3ccccc3)O5)C(=O)O[C@@H]1[C@@H](COC(C)=O)O[C@@H]2OC(C)=O)OC(c1ccccc1)(c1ccccc1)O4. The van der Waals surface area contributed by atoms with Crippen LogP contribution >= 0.6 is 0 Å². The molecule has 0 aromatic heterocycles. The number of carbonyl (C=O) groups is 4. The van der Waals surface area contributed by atoms with Crippen LogP contribution in [0.4, 0.5) is 0 Å². The van der Waals surface area contributed by atoms with Crippen molar-refractivity contribution in [2.75, 3.05) is 13.7 Å². The number of rotatable bonds is 12. The van der Waals surface area contributed by atoms with Gasteiger partial charge in [-0.05, 0) is 48.4 Å². The third-order valence-electron chi connectivity index (χ3n) is 16.1. The molecule has 6 aromatic rings. The number of esters is 4. The lowest BCUT2D eigenvalue weighted by molar-refractivity contribution is -0.294. The maximum absolute atomic E-state index is 16.2. The summed E-state index contributed by atoms with van der Waals surface area (Å²) in [5.41, 5.74) is 1.97. The molecule has 81 heavy (non-hydrogen) atoms. The van der Waals surface area contributed by atoms with Gasteiger partial charge in [0.15, 0.2) is 35.2 Å². The van der Waals surface area contributed by atoms with Crippen LogP contribution in [0.2, 0.25) is 36.3 Å². The summed E-state index contributed by atoms with van der Waals surface area (Å²) in [5.74, 6) is -6.50. The Labute approximate surface area is 474 Å². The van der Waals surface area contributed by atoms with Gasteiger partial charge in [0.05, 0.1) is 11.1 Å². The van der Waals surface area contributed by atoms with Gasteiger partial charge in [0.1, 0.15) is 18.8 Å². The molecule has 0 radical (unpaired) electrons. The molecule has 16 nitrogen and oxygen atoms in total. The molecule has 10 rings (SSSR count). The van der Waals surface area contributed by atoms with E-state index in [0.29, 0.717) is 22.3 Å². The molecule has 0 aliphatic carbocycles. The number of carbonyl (C=O) groups excluding carboxylic acids is 4. The van der Waals surface area contributed by atoms with E-state index in [9.17, 15) is 9.59 Å². The van der Waals surface area contributed by atoms with E-state index in [1.54, 1.807) is 6.07 Å². The van der Waals surface area contributed by atoms with Crippen LogP contribution in [0.3, 0.4) is 0 Å². The summed E-state index contributed by atoms with van der Waals surface area (Å²) in [6.07, 6.45) is -7.56. The quantitative estimate of drug-likeness (QED) is 0.0641. The maximum atomic E-state index is 16.2. The normalized spacial score (nSPS) is 20.8. The zero-order chi connectivity index (χ0) is 58.0. The third kappa shape index (κ3) is 10.2. The molecule has 4 aliphatic heterocycles. The molecule has 0 amide bonds. The summed E-state index contributed by atoms with van der Waals surface area (Å²) in [5, 5.41) is -0.890. The minimum absolute atomic E-state index is 0.0145. The first kappa shape index (κ1) is 56.6. The smallest absolute Gasteiger partial charge is 0.339 e. The monoisotopic (exact) mass is 1140 g/mol. The molecular formula is C63H68O16Si2. The lowest BCUT2D eigenvalue weighted by Gasteiger charge is -2.43. The van der Waals surface area contributed by atoms with Gasteiger partial charge >= 0.3 is 35.5 Å². The van der Waals surface area contributed by atoms with Crippen molar-refractivity contribution in [3.05, 3.63) is 167 Å². The molecule has 0 saturated carbocycles. The Morgan fingerprint density at radius 1 is 0.556 bits per heavy atom. The van der Waals surface area contributed by atoms with E-state index in [-0.39, 0.29) is 56.8 Å². The Morgan fingerprint density at radius 3 is 1.47 bits per heavy atom. The summed E-state index contributed by atoms with van der Waals surface area (Å²) >= 11 is 0. The third-order valence-corrected chi connectivity index (χ3v) is 24.8. The Hall–Kier alpha value is -7.65. The lowest BCUT2D eigenvalue weighted by Crippen LogP contribution is -2.62. The number of hydrogen-bond acceptors (Lipinski definition) is 16. The molecule has 6 aromatic carbocycles. The highest BCUT2D eigenvalue weighted by Crippen LogP contribution is 2.64. The Kier molecular flexibility index (Phi) is 14.7. The van der Waals surface area contributed by atoms with Crippen molar-refractivity contribution < 1.29 is 75.4 Å². The first-order valence-electron chi connectivity index (χ1n) is 27.0. The number of ether oxygens (including phenoxy) is 10. The van der Waals surface area contributed by atoms with Crippen LogP contribution in [-0.4, -0.2) is 84.9 Å². The highest BCUT2D eigenvalue weighted by molar-refractivity contribution is 6.75. The lowest BCUT2D eigenvalue weighted by atomic mass is 9.91. The zero-order valence-electron chi connectivity index (χ0n) is 47.8. The minimum Gasteiger partial charge on any atom is -0.541 e. The predicted octanol–water partition coefficient (Wildman–Crippen LogP) is 12.4. The average molecular weight is 1140 g/mol. The largest absolute Gasteiger partial charge is 0.541 e. The second-order valence-electron chi connectivity index (χ2n) is 23.6. The number of fused-ring (bicyclic) bond motifs is 8. The molecule has 0 spiro atoms. The van der Waals surface area contributed by atoms with Crippen molar-refractivity contribution in [1.29, 1.82) is 0 Å². The molecule has 0 unspecified atom stereocenters. The second kappa shape index (κ2) is 21.0. The molecule has 424 valence electrons. The number of hydrogen-bond donors (Lipinski definition) is 0. The van der Waals surface area contributed by atoms with Crippen LogP contribution in [0.1, 0.15) is 98.4 Å². The minimum atomic E-state index is -3.13. The average Bonchev–Trinajstić information content (AvgIpc) is 2.15. The molecular weight excluding hydrogens is 1070 g/mol. The van der Waals surface area contributed by atoms with Crippen molar-refractivity contribution in [2.24, 2.45) is 0 Å². The van der Waals surface area contributed by atoms with E-state index in [4.69, 9.17) is 56.2 Å². The van der Waals surface area contributed by atoms with E-state index in [1.807, 2.05) is 134 Å². The van der Waals surface area contributed by atoms with Gasteiger partial charge in [-0.2, -0.15) is 0 Å². The zero-order valence-corrected chi connectivity index (χ0v) is 49.8. The fourth-order valence-corrected chi connectivity index (χ4v) is 11.9. The fourth-order valence-electron chi connectivity index (χ4n) is 9.87. The number of benzene rings is 6. The summed E-state index contributed by atoms with van der Waals surface area (Å²) in [4.78, 5) is 57.8. The highest BCUT2D eigenvalue weighted by atomic mass is 28.4. The van der Waals surface area contributed by atoms with Gasteiger partial charge in [-0.3, -0.25) is 9.59 Å². The van der Waals surface area contributed by atoms with Crippen LogP contribution < -0.4 is 27.8 Å². The van der Waals surface area contributed by atoms with E-state index in [1.165, 1.54) is 20.1 Å². The molecule has 18 heteroatoms. The first-order valence-corrected chi connectivity index (χ1v) is 32.8. The summed E-state index contributed by atoms with van der Waals surface area (Å²) in [6, 6.07) is 40.5. The van der Waals surface area contributed by atoms with Gasteiger partial charge in [0.2, 0.25) is 17.8 Å². The summed E-state index contributed by atoms with van der Waals surface area (Å²) in [6.45, 7) is 22.6. The van der Waals surface area contributed by atoms with Gasteiger partial charge in [-0.15, -0.1) is 0 Å². The highest BCUT2D eigenvalue weighted by Gasteiger charge is 2.57. The molecule has 5 atom stereocenters. The summed E-state index contributed by atoms with van der Waals surface area (Å²) in [7, 11) is -4.70. The van der Waals surface area contributed by atoms with Crippen molar-refractivity contribution in [1.82, 2.24) is 0 Å². The Bertz CT molecular complexity index is 3290. The van der Waals surface area contributed by atoms with E-state index < -0.39 is 99.5 Å². The molecule has 0 N–H and O–H groups in total. The molecule has 4 heterocycles. The van der Waals surface area contributed by atoms with Gasteiger partial charge in [0, 0.05) is 54.3 Å². The first-order chi connectivity index (χ1) is 38.3. The molecule has 2 bridgehead atoms. The van der Waals surface area contributed by atoms with Crippen LogP contribution in [0.5, 0.6) is 34.5 Å². The topological polar surface area (TPSA) is 179 Å². The maximum Gasteiger partial charge on any atom is 0.339 e. The van der Waals surface area contributed by atoms with Gasteiger partial charge < -0.3 is 56.2 Å². The van der Waals surface area contributed by atoms with Crippen molar-refractivity contribution in [3.8, 4) is 45.6 Å². The molecule has 1 fully saturated rings. The standard InChI is InChI=1S/C63H68O16Si2/c1-37(64)69-36-47-50-55(68-9)56(59(71-47)70-38(2)65)73-58(67)43-34-45-51(75-62(74-45,39-26-18-14-19-27-39)40-28-20-15-21-29-40)54(79-81(12,13)61(6,7)8)49(43)48-44(57(66)72-50)35-46(78-80(10,11)60(3,4)5)52-53(48)77-63(76-52,41-30-22-16-23-31-41)42-32-24-17-25-33-42/h14-35,47,50,55-56,59H,36H2,1-13H3/t47-,50-,55+,56-,59+/m1/s1. The van der Waals surface area contributed by atoms with E-state index in [0.717, 1.165) is 6.92 Å². The molecule has 4 aliphatic rings. The van der Waals surface area contributed by atoms with Crippen LogP contribution in [-0.2, 0) is 49.6 Å². The summed E-state index contributed by atoms with van der Waals surface area (Å²) < 4.78 is 81.3. The van der Waals surface area contributed by atoms with Gasteiger partial charge in [0.25, 0.3) is 16.6 Å². The van der Waals surface area contributed by atoms with Crippen LogP contribution in [0.15, 0.2) is 133 Å². The Balaban J connectivity index is 1.37. The van der Waals surface area contributed by atoms with Crippen molar-refractivity contribution >= 4 is 40.5 Å².